The molecule has 0 spiro atoms. The van der Waals surface area contributed by atoms with Crippen LogP contribution in [-0.2, 0) is 6.54 Å². The maximum absolute atomic E-state index is 12.0. The zero-order chi connectivity index (χ0) is 20.5. The Hall–Kier alpha value is -1.99. The van der Waals surface area contributed by atoms with Crippen LogP contribution >= 0.6 is 24.0 Å². The van der Waals surface area contributed by atoms with Crippen molar-refractivity contribution in [3.63, 3.8) is 0 Å². The first-order valence-electron chi connectivity index (χ1n) is 10.0. The lowest BCUT2D eigenvalue weighted by molar-refractivity contribution is 0.126. The molecule has 2 amide bonds. The summed E-state index contributed by atoms with van der Waals surface area (Å²) in [6.45, 7) is 6.88. The monoisotopic (exact) mass is 452 g/mol. The van der Waals surface area contributed by atoms with Gasteiger partial charge in [-0.2, -0.15) is 0 Å². The number of methoxy groups -OCH3 is 1. The molecule has 3 rings (SSSR count). The zero-order valence-corrected chi connectivity index (χ0v) is 18.8. The summed E-state index contributed by atoms with van der Waals surface area (Å²) >= 11 is 5.95. The molecule has 8 heteroatoms. The molecule has 2 aromatic carbocycles. The summed E-state index contributed by atoms with van der Waals surface area (Å²) < 4.78 is 5.11. The molecule has 1 heterocycles. The Balaban J connectivity index is 0.00000320. The van der Waals surface area contributed by atoms with Crippen LogP contribution in [0.1, 0.15) is 12.0 Å². The van der Waals surface area contributed by atoms with Gasteiger partial charge in [-0.15, -0.1) is 12.4 Å². The molecule has 2 aromatic rings. The van der Waals surface area contributed by atoms with Crippen LogP contribution in [0.5, 0.6) is 5.75 Å². The molecule has 0 atom stereocenters. The fourth-order valence-electron chi connectivity index (χ4n) is 3.37. The number of hydrogen-bond donors (Lipinski definition) is 2. The molecule has 1 aliphatic rings. The predicted molar refractivity (Wildman–Crippen MR) is 125 cm³/mol. The van der Waals surface area contributed by atoms with Gasteiger partial charge in [-0.25, -0.2) is 4.79 Å². The minimum Gasteiger partial charge on any atom is -0.497 e. The van der Waals surface area contributed by atoms with E-state index in [4.69, 9.17) is 16.3 Å². The van der Waals surface area contributed by atoms with Crippen LogP contribution in [-0.4, -0.2) is 62.2 Å². The summed E-state index contributed by atoms with van der Waals surface area (Å²) in [4.78, 5) is 16.9. The molecular formula is C22H30Cl2N4O2. The summed E-state index contributed by atoms with van der Waals surface area (Å²) in [7, 11) is 1.62. The topological polar surface area (TPSA) is 56.8 Å². The summed E-state index contributed by atoms with van der Waals surface area (Å²) in [5.41, 5.74) is 2.05. The van der Waals surface area contributed by atoms with Crippen molar-refractivity contribution in [2.24, 2.45) is 0 Å². The number of carbonyl (C=O) groups is 1. The number of nitrogens with zero attached hydrogens (tertiary/aromatic N) is 2. The normalized spacial score (nSPS) is 14.6. The molecule has 30 heavy (non-hydrogen) atoms. The number of piperazine rings is 1. The maximum Gasteiger partial charge on any atom is 0.319 e. The van der Waals surface area contributed by atoms with Gasteiger partial charge in [-0.3, -0.25) is 4.90 Å². The molecule has 6 nitrogen and oxygen atoms in total. The highest BCUT2D eigenvalue weighted by Crippen LogP contribution is 2.15. The van der Waals surface area contributed by atoms with Crippen molar-refractivity contribution in [2.75, 3.05) is 51.7 Å². The summed E-state index contributed by atoms with van der Waals surface area (Å²) in [5.74, 6) is 0.768. The zero-order valence-electron chi connectivity index (χ0n) is 17.3. The Labute approximate surface area is 189 Å². The molecule has 0 aromatic heterocycles. The Bertz CT molecular complexity index is 764. The van der Waals surface area contributed by atoms with Crippen LogP contribution in [0.15, 0.2) is 48.5 Å². The third-order valence-corrected chi connectivity index (χ3v) is 5.32. The van der Waals surface area contributed by atoms with Crippen LogP contribution in [0.3, 0.4) is 0 Å². The molecule has 164 valence electrons. The smallest absolute Gasteiger partial charge is 0.319 e. The van der Waals surface area contributed by atoms with E-state index >= 15 is 0 Å². The second-order valence-electron chi connectivity index (χ2n) is 7.21. The lowest BCUT2D eigenvalue weighted by atomic mass is 10.2. The maximum atomic E-state index is 12.0. The Morgan fingerprint density at radius 1 is 1.00 bits per heavy atom. The molecule has 2 N–H and O–H groups in total. The average Bonchev–Trinajstić information content (AvgIpc) is 2.74. The first-order valence-corrected chi connectivity index (χ1v) is 10.4. The fraction of sp³-hybridized carbons (Fsp3) is 0.409. The third kappa shape index (κ3) is 8.03. The number of anilines is 1. The summed E-state index contributed by atoms with van der Waals surface area (Å²) in [5, 5.41) is 6.53. The lowest BCUT2D eigenvalue weighted by Gasteiger charge is -2.34. The number of ether oxygens (including phenoxy) is 1. The van der Waals surface area contributed by atoms with Crippen LogP contribution in [0.4, 0.5) is 10.5 Å². The van der Waals surface area contributed by atoms with E-state index in [1.807, 2.05) is 36.4 Å². The van der Waals surface area contributed by atoms with Gasteiger partial charge in [-0.1, -0.05) is 23.7 Å². The van der Waals surface area contributed by atoms with E-state index in [0.717, 1.165) is 62.1 Å². The number of amides is 2. The van der Waals surface area contributed by atoms with Gasteiger partial charge in [0.25, 0.3) is 0 Å². The lowest BCUT2D eigenvalue weighted by Crippen LogP contribution is -2.46. The number of nitrogens with one attached hydrogen (secondary N) is 2. The van der Waals surface area contributed by atoms with E-state index in [9.17, 15) is 4.79 Å². The van der Waals surface area contributed by atoms with Crippen LogP contribution < -0.4 is 15.4 Å². The Kier molecular flexibility index (Phi) is 10.2. The van der Waals surface area contributed by atoms with Crippen molar-refractivity contribution in [3.8, 4) is 5.75 Å². The van der Waals surface area contributed by atoms with Gasteiger partial charge in [0, 0.05) is 50.0 Å². The number of rotatable bonds is 8. The SMILES string of the molecule is COc1ccc(NC(=O)NCCCN2CCN(Cc3ccc(Cl)cc3)CC2)cc1.Cl. The van der Waals surface area contributed by atoms with Crippen molar-refractivity contribution >= 4 is 35.7 Å². The van der Waals surface area contributed by atoms with Crippen molar-refractivity contribution in [1.82, 2.24) is 15.1 Å². The molecule has 0 unspecified atom stereocenters. The average molecular weight is 453 g/mol. The number of benzene rings is 2. The summed E-state index contributed by atoms with van der Waals surface area (Å²) in [6, 6.07) is 15.2. The van der Waals surface area contributed by atoms with Gasteiger partial charge < -0.3 is 20.3 Å². The number of hydrogen-bond acceptors (Lipinski definition) is 4. The molecular weight excluding hydrogens is 423 g/mol. The molecule has 0 aliphatic carbocycles. The molecule has 0 bridgehead atoms. The fourth-order valence-corrected chi connectivity index (χ4v) is 3.50. The number of halogens is 2. The quantitative estimate of drug-likeness (QED) is 0.591. The van der Waals surface area contributed by atoms with Crippen LogP contribution in [0.25, 0.3) is 0 Å². The molecule has 1 saturated heterocycles. The van der Waals surface area contributed by atoms with Gasteiger partial charge in [0.2, 0.25) is 0 Å². The van der Waals surface area contributed by atoms with Gasteiger partial charge in [0.1, 0.15) is 5.75 Å². The second-order valence-corrected chi connectivity index (χ2v) is 7.64. The highest BCUT2D eigenvalue weighted by molar-refractivity contribution is 6.30. The highest BCUT2D eigenvalue weighted by atomic mass is 35.5. The van der Waals surface area contributed by atoms with Gasteiger partial charge in [0.15, 0.2) is 0 Å². The van der Waals surface area contributed by atoms with E-state index in [0.29, 0.717) is 6.54 Å². The summed E-state index contributed by atoms with van der Waals surface area (Å²) in [6.07, 6.45) is 0.938. The number of urea groups is 1. The minimum atomic E-state index is -0.178. The molecule has 1 aliphatic heterocycles. The van der Waals surface area contributed by atoms with Crippen LogP contribution in [0.2, 0.25) is 5.02 Å². The van der Waals surface area contributed by atoms with Crippen molar-refractivity contribution in [3.05, 3.63) is 59.1 Å². The van der Waals surface area contributed by atoms with Crippen molar-refractivity contribution < 1.29 is 9.53 Å². The van der Waals surface area contributed by atoms with Crippen molar-refractivity contribution in [2.45, 2.75) is 13.0 Å². The molecule has 1 fully saturated rings. The first kappa shape index (κ1) is 24.3. The molecule has 0 saturated carbocycles. The van der Waals surface area contributed by atoms with E-state index in [1.165, 1.54) is 5.56 Å². The Morgan fingerprint density at radius 3 is 2.27 bits per heavy atom. The van der Waals surface area contributed by atoms with E-state index < -0.39 is 0 Å². The third-order valence-electron chi connectivity index (χ3n) is 5.07. The predicted octanol–water partition coefficient (Wildman–Crippen LogP) is 4.10. The second kappa shape index (κ2) is 12.6. The van der Waals surface area contributed by atoms with Crippen molar-refractivity contribution in [1.29, 1.82) is 0 Å². The van der Waals surface area contributed by atoms with Crippen LogP contribution in [0, 0.1) is 0 Å². The first-order chi connectivity index (χ1) is 14.1. The van der Waals surface area contributed by atoms with E-state index in [2.05, 4.69) is 32.6 Å². The van der Waals surface area contributed by atoms with Gasteiger partial charge in [-0.05, 0) is 54.9 Å². The van der Waals surface area contributed by atoms with Gasteiger partial charge in [0.05, 0.1) is 7.11 Å². The Morgan fingerprint density at radius 2 is 1.63 bits per heavy atom. The van der Waals surface area contributed by atoms with E-state index in [-0.39, 0.29) is 18.4 Å². The minimum absolute atomic E-state index is 0. The van der Waals surface area contributed by atoms with Gasteiger partial charge >= 0.3 is 6.03 Å². The standard InChI is InChI=1S/C22H29ClN4O2.ClH/c1-29-21-9-7-20(8-10-21)25-22(28)24-11-2-12-26-13-15-27(16-14-26)17-18-3-5-19(23)6-4-18;/h3-10H,2,11-17H2,1H3,(H2,24,25,28);1H. The largest absolute Gasteiger partial charge is 0.497 e. The highest BCUT2D eigenvalue weighted by Gasteiger charge is 2.16. The molecule has 0 radical (unpaired) electrons. The number of carbonyl (C=O) groups excluding carboxylic acids is 1. The van der Waals surface area contributed by atoms with E-state index in [1.54, 1.807) is 7.11 Å².